The number of fused-ring (bicyclic) bond motifs is 1. The van der Waals surface area contributed by atoms with E-state index in [1.165, 1.54) is 0 Å². The summed E-state index contributed by atoms with van der Waals surface area (Å²) < 4.78 is 0. The van der Waals surface area contributed by atoms with Gasteiger partial charge in [0, 0.05) is 36.9 Å². The van der Waals surface area contributed by atoms with E-state index < -0.39 is 5.91 Å². The van der Waals surface area contributed by atoms with Gasteiger partial charge in [-0.3, -0.25) is 24.1 Å². The third-order valence-electron chi connectivity index (χ3n) is 6.48. The topological polar surface area (TPSA) is 90.0 Å². The quantitative estimate of drug-likeness (QED) is 0.688. The Morgan fingerprint density at radius 1 is 1.00 bits per heavy atom. The summed E-state index contributed by atoms with van der Waals surface area (Å²) in [5.74, 6) is -1.68. The molecule has 2 heterocycles. The molecule has 8 nitrogen and oxygen atoms in total. The summed E-state index contributed by atoms with van der Waals surface area (Å²) in [4.78, 5) is 54.7. The molecule has 2 saturated heterocycles. The number of likely N-dealkylation sites (tertiary alicyclic amines) is 1. The third-order valence-corrected chi connectivity index (χ3v) is 6.71. The van der Waals surface area contributed by atoms with Crippen LogP contribution in [0.1, 0.15) is 25.7 Å². The minimum absolute atomic E-state index is 0.140. The fourth-order valence-corrected chi connectivity index (χ4v) is 4.94. The number of anilines is 1. The van der Waals surface area contributed by atoms with Crippen LogP contribution < -0.4 is 10.2 Å². The molecule has 1 saturated carbocycles. The summed E-state index contributed by atoms with van der Waals surface area (Å²) in [6, 6.07) is 7.61. The zero-order chi connectivity index (χ0) is 22.0. The molecule has 166 valence electrons. The third kappa shape index (κ3) is 4.69. The zero-order valence-corrected chi connectivity index (χ0v) is 18.1. The number of amides is 4. The normalized spacial score (nSPS) is 23.7. The van der Waals surface area contributed by atoms with Crippen molar-refractivity contribution in [2.45, 2.75) is 25.7 Å². The molecule has 0 radical (unpaired) electrons. The molecule has 0 spiro atoms. The van der Waals surface area contributed by atoms with Crippen LogP contribution in [0.5, 0.6) is 0 Å². The van der Waals surface area contributed by atoms with E-state index in [1.54, 1.807) is 4.90 Å². The summed E-state index contributed by atoms with van der Waals surface area (Å²) in [6.45, 7) is 2.01. The van der Waals surface area contributed by atoms with E-state index in [-0.39, 0.29) is 42.6 Å². The second-order valence-corrected chi connectivity index (χ2v) is 8.82. The molecule has 1 aromatic rings. The Morgan fingerprint density at radius 3 is 2.26 bits per heavy atom. The molecule has 3 aliphatic rings. The van der Waals surface area contributed by atoms with Crippen molar-refractivity contribution in [3.8, 4) is 0 Å². The van der Waals surface area contributed by atoms with Gasteiger partial charge in [0.1, 0.15) is 6.54 Å². The number of imide groups is 1. The van der Waals surface area contributed by atoms with E-state index in [2.05, 4.69) is 10.2 Å². The van der Waals surface area contributed by atoms with Crippen molar-refractivity contribution in [2.24, 2.45) is 11.8 Å². The van der Waals surface area contributed by atoms with Crippen LogP contribution in [0.2, 0.25) is 5.02 Å². The minimum atomic E-state index is -0.480. The second-order valence-electron chi connectivity index (χ2n) is 8.38. The number of hydrogen-bond donors (Lipinski definition) is 1. The predicted molar refractivity (Wildman–Crippen MR) is 115 cm³/mol. The first-order valence-corrected chi connectivity index (χ1v) is 11.2. The number of halogens is 1. The maximum Gasteiger partial charge on any atom is 0.242 e. The highest BCUT2D eigenvalue weighted by Gasteiger charge is 2.48. The molecule has 0 aromatic heterocycles. The van der Waals surface area contributed by atoms with E-state index >= 15 is 0 Å². The van der Waals surface area contributed by atoms with Crippen molar-refractivity contribution >= 4 is 40.9 Å². The van der Waals surface area contributed by atoms with Gasteiger partial charge >= 0.3 is 0 Å². The number of rotatable bonds is 5. The van der Waals surface area contributed by atoms with E-state index in [9.17, 15) is 19.2 Å². The Labute approximate surface area is 186 Å². The number of piperazine rings is 1. The number of nitrogens with one attached hydrogen (secondary N) is 1. The zero-order valence-electron chi connectivity index (χ0n) is 17.4. The monoisotopic (exact) mass is 446 g/mol. The van der Waals surface area contributed by atoms with Gasteiger partial charge in [-0.05, 0) is 31.0 Å². The lowest BCUT2D eigenvalue weighted by molar-refractivity contribution is -0.143. The molecular formula is C22H27ClN4O4. The number of hydrogen-bond acceptors (Lipinski definition) is 5. The summed E-state index contributed by atoms with van der Waals surface area (Å²) in [5.41, 5.74) is 1.02. The van der Waals surface area contributed by atoms with Gasteiger partial charge in [0.15, 0.2) is 0 Å². The maximum absolute atomic E-state index is 12.5. The van der Waals surface area contributed by atoms with E-state index in [0.717, 1.165) is 23.4 Å². The Morgan fingerprint density at radius 2 is 1.65 bits per heavy atom. The maximum atomic E-state index is 12.5. The van der Waals surface area contributed by atoms with Gasteiger partial charge < -0.3 is 15.1 Å². The fourth-order valence-electron chi connectivity index (χ4n) is 4.76. The van der Waals surface area contributed by atoms with Gasteiger partial charge in [0.05, 0.1) is 18.4 Å². The van der Waals surface area contributed by atoms with Crippen LogP contribution in [-0.4, -0.2) is 72.7 Å². The van der Waals surface area contributed by atoms with E-state index in [0.29, 0.717) is 44.0 Å². The molecule has 9 heteroatoms. The van der Waals surface area contributed by atoms with E-state index in [4.69, 9.17) is 11.6 Å². The van der Waals surface area contributed by atoms with Crippen molar-refractivity contribution in [3.05, 3.63) is 29.3 Å². The molecule has 2 unspecified atom stereocenters. The lowest BCUT2D eigenvalue weighted by Gasteiger charge is -2.36. The van der Waals surface area contributed by atoms with Gasteiger partial charge in [-0.1, -0.05) is 30.5 Å². The van der Waals surface area contributed by atoms with Crippen LogP contribution in [0.15, 0.2) is 24.3 Å². The highest BCUT2D eigenvalue weighted by molar-refractivity contribution is 6.30. The molecule has 4 amide bonds. The lowest BCUT2D eigenvalue weighted by atomic mass is 9.81. The van der Waals surface area contributed by atoms with Crippen molar-refractivity contribution in [3.63, 3.8) is 0 Å². The first-order chi connectivity index (χ1) is 14.9. The number of carbonyl (C=O) groups excluding carboxylic acids is 4. The van der Waals surface area contributed by atoms with Crippen LogP contribution >= 0.6 is 11.6 Å². The smallest absolute Gasteiger partial charge is 0.242 e. The van der Waals surface area contributed by atoms with Gasteiger partial charge in [0.2, 0.25) is 23.6 Å². The van der Waals surface area contributed by atoms with Crippen LogP contribution in [-0.2, 0) is 19.2 Å². The van der Waals surface area contributed by atoms with Crippen molar-refractivity contribution in [2.75, 3.05) is 44.2 Å². The summed E-state index contributed by atoms with van der Waals surface area (Å²) >= 11 is 6.05. The van der Waals surface area contributed by atoms with Crippen molar-refractivity contribution in [1.29, 1.82) is 0 Å². The first kappa shape index (κ1) is 21.6. The highest BCUT2D eigenvalue weighted by atomic mass is 35.5. The highest BCUT2D eigenvalue weighted by Crippen LogP contribution is 2.37. The van der Waals surface area contributed by atoms with Gasteiger partial charge in [0.25, 0.3) is 0 Å². The molecule has 1 aliphatic carbocycles. The average molecular weight is 447 g/mol. The van der Waals surface area contributed by atoms with Crippen molar-refractivity contribution in [1.82, 2.24) is 15.1 Å². The Hall–Kier alpha value is -2.61. The molecule has 31 heavy (non-hydrogen) atoms. The standard InChI is InChI=1S/C22H27ClN4O4/c23-15-4-3-5-16(12-15)25-8-10-26(11-9-25)20(29)13-24-19(28)14-27-21(30)17-6-1-2-7-18(17)22(27)31/h3-5,12,17-18H,1-2,6-11,13-14H2,(H,24,28). The predicted octanol–water partition coefficient (Wildman–Crippen LogP) is 1.28. The summed E-state index contributed by atoms with van der Waals surface area (Å²) in [7, 11) is 0. The molecular weight excluding hydrogens is 420 g/mol. The molecule has 4 rings (SSSR count). The molecule has 0 bridgehead atoms. The fraction of sp³-hybridized carbons (Fsp3) is 0.545. The second kappa shape index (κ2) is 9.26. The van der Waals surface area contributed by atoms with Crippen molar-refractivity contribution < 1.29 is 19.2 Å². The van der Waals surface area contributed by atoms with Gasteiger partial charge in [-0.25, -0.2) is 0 Å². The number of carbonyl (C=O) groups is 4. The largest absolute Gasteiger partial charge is 0.368 e. The number of benzene rings is 1. The van der Waals surface area contributed by atoms with Gasteiger partial charge in [-0.15, -0.1) is 0 Å². The Kier molecular flexibility index (Phi) is 6.46. The molecule has 1 N–H and O–H groups in total. The first-order valence-electron chi connectivity index (χ1n) is 10.8. The van der Waals surface area contributed by atoms with Crippen LogP contribution in [0.3, 0.4) is 0 Å². The minimum Gasteiger partial charge on any atom is -0.368 e. The van der Waals surface area contributed by atoms with Crippen LogP contribution in [0.25, 0.3) is 0 Å². The van der Waals surface area contributed by atoms with Gasteiger partial charge in [-0.2, -0.15) is 0 Å². The molecule has 2 atom stereocenters. The van der Waals surface area contributed by atoms with Crippen LogP contribution in [0.4, 0.5) is 5.69 Å². The Bertz CT molecular complexity index is 860. The molecule has 1 aromatic carbocycles. The lowest BCUT2D eigenvalue weighted by Crippen LogP contribution is -2.52. The number of nitrogens with zero attached hydrogens (tertiary/aromatic N) is 3. The van der Waals surface area contributed by atoms with Crippen LogP contribution in [0, 0.1) is 11.8 Å². The van der Waals surface area contributed by atoms with E-state index in [1.807, 2.05) is 24.3 Å². The molecule has 3 fully saturated rings. The Balaban J connectivity index is 1.22. The summed E-state index contributed by atoms with van der Waals surface area (Å²) in [6.07, 6.45) is 3.32. The summed E-state index contributed by atoms with van der Waals surface area (Å²) in [5, 5.41) is 3.25. The SMILES string of the molecule is O=C(CN1C(=O)C2CCCCC2C1=O)NCC(=O)N1CCN(c2cccc(Cl)c2)CC1. The average Bonchev–Trinajstić information content (AvgIpc) is 3.02. The molecule has 2 aliphatic heterocycles.